The van der Waals surface area contributed by atoms with Gasteiger partial charge in [-0.2, -0.15) is 0 Å². The Balaban J connectivity index is 1.84. The molecule has 1 aromatic carbocycles. The van der Waals surface area contributed by atoms with Gasteiger partial charge in [0.05, 0.1) is 0 Å². The molecule has 0 N–H and O–H groups in total. The fraction of sp³-hybridized carbons (Fsp3) is 0.533. The van der Waals surface area contributed by atoms with E-state index in [-0.39, 0.29) is 0 Å². The van der Waals surface area contributed by atoms with Crippen LogP contribution in [0.25, 0.3) is 0 Å². The fourth-order valence-electron chi connectivity index (χ4n) is 2.58. The van der Waals surface area contributed by atoms with Gasteiger partial charge in [0.15, 0.2) is 0 Å². The summed E-state index contributed by atoms with van der Waals surface area (Å²) in [7, 11) is -0.990. The van der Waals surface area contributed by atoms with Gasteiger partial charge in [0.1, 0.15) is 5.78 Å². The molecule has 0 aromatic heterocycles. The molecule has 2 rings (SSSR count). The highest BCUT2D eigenvalue weighted by molar-refractivity contribution is 6.76. The molecular formula is C15H22OSi. The lowest BCUT2D eigenvalue weighted by molar-refractivity contribution is -0.119. The van der Waals surface area contributed by atoms with Crippen LogP contribution in [0.1, 0.15) is 12.0 Å². The average molecular weight is 246 g/mol. The normalized spacial score (nSPS) is 23.5. The standard InChI is InChI=1S/C15H22OSi/c1-17(2,3)11-13-10-14(13)15(16)9-12-7-5-4-6-8-12/h4-8,13-14H,9-11H2,1-3H3. The van der Waals surface area contributed by atoms with Crippen molar-refractivity contribution in [2.75, 3.05) is 0 Å². The van der Waals surface area contributed by atoms with Gasteiger partial charge in [0.2, 0.25) is 0 Å². The van der Waals surface area contributed by atoms with Gasteiger partial charge >= 0.3 is 0 Å². The zero-order chi connectivity index (χ0) is 12.5. The predicted molar refractivity (Wildman–Crippen MR) is 74.9 cm³/mol. The highest BCUT2D eigenvalue weighted by Crippen LogP contribution is 2.45. The Morgan fingerprint density at radius 1 is 1.24 bits per heavy atom. The predicted octanol–water partition coefficient (Wildman–Crippen LogP) is 3.77. The van der Waals surface area contributed by atoms with Gasteiger partial charge in [0.25, 0.3) is 0 Å². The fourth-order valence-corrected chi connectivity index (χ4v) is 4.61. The van der Waals surface area contributed by atoms with E-state index in [1.807, 2.05) is 30.3 Å². The maximum Gasteiger partial charge on any atom is 0.140 e. The summed E-state index contributed by atoms with van der Waals surface area (Å²) in [5, 5.41) is 0. The summed E-state index contributed by atoms with van der Waals surface area (Å²) >= 11 is 0. The number of hydrogen-bond donors (Lipinski definition) is 0. The van der Waals surface area contributed by atoms with Crippen LogP contribution in [0.15, 0.2) is 30.3 Å². The summed E-state index contributed by atoms with van der Waals surface area (Å²) in [5.74, 6) is 1.54. The van der Waals surface area contributed by atoms with E-state index in [0.29, 0.717) is 24.0 Å². The average Bonchev–Trinajstić information content (AvgIpc) is 2.96. The summed E-state index contributed by atoms with van der Waals surface area (Å²) < 4.78 is 0. The minimum absolute atomic E-state index is 0.377. The Labute approximate surface area is 105 Å². The Morgan fingerprint density at radius 2 is 1.88 bits per heavy atom. The Bertz CT molecular complexity index is 391. The van der Waals surface area contributed by atoms with Crippen molar-refractivity contribution < 1.29 is 4.79 Å². The topological polar surface area (TPSA) is 17.1 Å². The molecule has 0 heterocycles. The van der Waals surface area contributed by atoms with Crippen LogP contribution in [0.3, 0.4) is 0 Å². The second-order valence-corrected chi connectivity index (χ2v) is 12.0. The van der Waals surface area contributed by atoms with E-state index < -0.39 is 8.07 Å². The molecule has 1 saturated carbocycles. The lowest BCUT2D eigenvalue weighted by atomic mass is 10.1. The van der Waals surface area contributed by atoms with Crippen molar-refractivity contribution in [2.24, 2.45) is 11.8 Å². The van der Waals surface area contributed by atoms with Gasteiger partial charge in [-0.1, -0.05) is 56.0 Å². The van der Waals surface area contributed by atoms with Gasteiger partial charge in [-0.05, 0) is 17.9 Å². The molecule has 2 heteroatoms. The summed E-state index contributed by atoms with van der Waals surface area (Å²) in [5.41, 5.74) is 1.16. The molecule has 0 aliphatic heterocycles. The van der Waals surface area contributed by atoms with Crippen molar-refractivity contribution in [3.8, 4) is 0 Å². The van der Waals surface area contributed by atoms with Crippen molar-refractivity contribution in [1.82, 2.24) is 0 Å². The third-order valence-electron chi connectivity index (χ3n) is 3.43. The monoisotopic (exact) mass is 246 g/mol. The molecule has 92 valence electrons. The van der Waals surface area contributed by atoms with Crippen molar-refractivity contribution in [1.29, 1.82) is 0 Å². The number of rotatable bonds is 5. The molecule has 1 aliphatic rings. The van der Waals surface area contributed by atoms with Crippen LogP contribution in [0.4, 0.5) is 0 Å². The van der Waals surface area contributed by atoms with Gasteiger partial charge in [-0.15, -0.1) is 0 Å². The van der Waals surface area contributed by atoms with E-state index in [1.165, 1.54) is 6.04 Å². The highest BCUT2D eigenvalue weighted by Gasteiger charge is 2.43. The molecule has 1 fully saturated rings. The molecule has 17 heavy (non-hydrogen) atoms. The minimum Gasteiger partial charge on any atom is -0.299 e. The van der Waals surface area contributed by atoms with Crippen molar-refractivity contribution in [3.63, 3.8) is 0 Å². The van der Waals surface area contributed by atoms with Crippen LogP contribution in [-0.4, -0.2) is 13.9 Å². The number of ketones is 1. The molecular weight excluding hydrogens is 224 g/mol. The summed E-state index contributed by atoms with van der Waals surface area (Å²) in [6.07, 6.45) is 1.78. The molecule has 0 spiro atoms. The van der Waals surface area contributed by atoms with E-state index in [9.17, 15) is 4.79 Å². The Hall–Kier alpha value is -0.893. The number of hydrogen-bond acceptors (Lipinski definition) is 1. The first kappa shape index (κ1) is 12.6. The summed E-state index contributed by atoms with van der Waals surface area (Å²) in [6, 6.07) is 11.4. The lowest BCUT2D eigenvalue weighted by Crippen LogP contribution is -2.21. The molecule has 2 atom stereocenters. The summed E-state index contributed by atoms with van der Waals surface area (Å²) in [6.45, 7) is 7.18. The molecule has 0 amide bonds. The highest BCUT2D eigenvalue weighted by atomic mass is 28.3. The zero-order valence-electron chi connectivity index (χ0n) is 11.1. The van der Waals surface area contributed by atoms with Gasteiger partial charge < -0.3 is 0 Å². The maximum absolute atomic E-state index is 12.1. The van der Waals surface area contributed by atoms with Gasteiger partial charge in [-0.25, -0.2) is 0 Å². The van der Waals surface area contributed by atoms with Crippen molar-refractivity contribution in [2.45, 2.75) is 38.5 Å². The van der Waals surface area contributed by atoms with Crippen LogP contribution >= 0.6 is 0 Å². The molecule has 0 bridgehead atoms. The van der Waals surface area contributed by atoms with Crippen molar-refractivity contribution >= 4 is 13.9 Å². The molecule has 1 aliphatic carbocycles. The maximum atomic E-state index is 12.1. The largest absolute Gasteiger partial charge is 0.299 e. The van der Waals surface area contributed by atoms with E-state index in [2.05, 4.69) is 19.6 Å². The minimum atomic E-state index is -0.990. The zero-order valence-corrected chi connectivity index (χ0v) is 12.1. The smallest absolute Gasteiger partial charge is 0.140 e. The Morgan fingerprint density at radius 3 is 2.47 bits per heavy atom. The number of benzene rings is 1. The van der Waals surface area contributed by atoms with E-state index in [0.717, 1.165) is 12.0 Å². The van der Waals surface area contributed by atoms with Crippen molar-refractivity contribution in [3.05, 3.63) is 35.9 Å². The first-order valence-corrected chi connectivity index (χ1v) is 10.2. The van der Waals surface area contributed by atoms with Crippen LogP contribution in [0, 0.1) is 11.8 Å². The van der Waals surface area contributed by atoms with Crippen LogP contribution in [0.2, 0.25) is 25.7 Å². The summed E-state index contributed by atoms with van der Waals surface area (Å²) in [4.78, 5) is 12.1. The Kier molecular flexibility index (Phi) is 3.52. The first-order chi connectivity index (χ1) is 7.96. The molecule has 0 radical (unpaired) electrons. The van der Waals surface area contributed by atoms with Crippen LogP contribution in [-0.2, 0) is 11.2 Å². The van der Waals surface area contributed by atoms with E-state index in [4.69, 9.17) is 0 Å². The number of carbonyl (C=O) groups excluding carboxylic acids is 1. The van der Waals surface area contributed by atoms with Crippen LogP contribution < -0.4 is 0 Å². The van der Waals surface area contributed by atoms with Gasteiger partial charge in [0, 0.05) is 20.4 Å². The third kappa shape index (κ3) is 3.81. The number of Topliss-reactive ketones (excluding diaryl/α,β-unsaturated/α-hetero) is 1. The number of carbonyl (C=O) groups is 1. The molecule has 1 aromatic rings. The second kappa shape index (κ2) is 4.77. The van der Waals surface area contributed by atoms with E-state index >= 15 is 0 Å². The lowest BCUT2D eigenvalue weighted by Gasteiger charge is -2.14. The van der Waals surface area contributed by atoms with E-state index in [1.54, 1.807) is 0 Å². The SMILES string of the molecule is C[Si](C)(C)CC1CC1C(=O)Cc1ccccc1. The third-order valence-corrected chi connectivity index (χ3v) is 5.18. The molecule has 1 nitrogen and oxygen atoms in total. The van der Waals surface area contributed by atoms with Gasteiger partial charge in [-0.3, -0.25) is 4.79 Å². The molecule has 2 unspecified atom stereocenters. The second-order valence-electron chi connectivity index (χ2n) is 6.50. The first-order valence-electron chi connectivity index (χ1n) is 6.52. The van der Waals surface area contributed by atoms with Crippen LogP contribution in [0.5, 0.6) is 0 Å². The molecule has 0 saturated heterocycles. The quantitative estimate of drug-likeness (QED) is 0.723.